The molecular weight excluding hydrogens is 668 g/mol. The predicted octanol–water partition coefficient (Wildman–Crippen LogP) is 9.90. The number of hydrogen-bond acceptors (Lipinski definition) is 9. The smallest absolute Gasteiger partial charge is 0.415 e. The summed E-state index contributed by atoms with van der Waals surface area (Å²) in [6, 6.07) is 33.2. The summed E-state index contributed by atoms with van der Waals surface area (Å²) in [4.78, 5) is 14.2. The van der Waals surface area contributed by atoms with Crippen LogP contribution < -0.4 is 10.2 Å². The summed E-state index contributed by atoms with van der Waals surface area (Å²) in [5, 5.41) is 17.2. The SMILES string of the molecule is CC(C)(C)OC(=O)N(Cc1ccc(-c2nnc(C(F)F)o2)cc1)c1ccccc1.FC(F)c1nnc(-c2ccc(CNc3ccccc3)cc2)o1. The molecule has 6 rings (SSSR count). The molecule has 1 N–H and O–H groups in total. The number of para-hydroxylation sites is 2. The van der Waals surface area contributed by atoms with Gasteiger partial charge in [0.1, 0.15) is 5.60 Å². The third-order valence-corrected chi connectivity index (χ3v) is 6.95. The fourth-order valence-electron chi connectivity index (χ4n) is 4.53. The number of amides is 1. The van der Waals surface area contributed by atoms with Gasteiger partial charge in [-0.05, 0) is 80.4 Å². The Balaban J connectivity index is 0.000000205. The largest absolute Gasteiger partial charge is 0.443 e. The molecule has 4 aromatic carbocycles. The maximum absolute atomic E-state index is 12.7. The molecule has 10 nitrogen and oxygen atoms in total. The van der Waals surface area contributed by atoms with E-state index in [4.69, 9.17) is 13.6 Å². The zero-order valence-electron chi connectivity index (χ0n) is 27.8. The quantitative estimate of drug-likeness (QED) is 0.139. The molecule has 0 aliphatic rings. The molecule has 0 spiro atoms. The molecule has 1 amide bonds. The van der Waals surface area contributed by atoms with Crippen LogP contribution in [0.15, 0.2) is 118 Å². The van der Waals surface area contributed by atoms with Gasteiger partial charge >= 0.3 is 18.9 Å². The van der Waals surface area contributed by atoms with E-state index in [1.54, 1.807) is 57.2 Å². The van der Waals surface area contributed by atoms with Crippen molar-refractivity contribution in [2.75, 3.05) is 10.2 Å². The summed E-state index contributed by atoms with van der Waals surface area (Å²) in [6.45, 7) is 6.35. The number of nitrogens with zero attached hydrogens (tertiary/aromatic N) is 5. The molecule has 51 heavy (non-hydrogen) atoms. The van der Waals surface area contributed by atoms with Crippen molar-refractivity contribution in [2.24, 2.45) is 0 Å². The van der Waals surface area contributed by atoms with Crippen LogP contribution in [0.25, 0.3) is 22.9 Å². The van der Waals surface area contributed by atoms with Crippen LogP contribution in [0, 0.1) is 0 Å². The number of carbonyl (C=O) groups is 1. The summed E-state index contributed by atoms with van der Waals surface area (Å²) in [5.74, 6) is -1.27. The normalized spacial score (nSPS) is 11.2. The van der Waals surface area contributed by atoms with E-state index < -0.39 is 36.3 Å². The summed E-state index contributed by atoms with van der Waals surface area (Å²) in [6.07, 6.45) is -6.04. The van der Waals surface area contributed by atoms with Crippen LogP contribution in [-0.4, -0.2) is 32.1 Å². The maximum atomic E-state index is 12.7. The van der Waals surface area contributed by atoms with Crippen LogP contribution in [0.3, 0.4) is 0 Å². The van der Waals surface area contributed by atoms with E-state index >= 15 is 0 Å². The summed E-state index contributed by atoms with van der Waals surface area (Å²) >= 11 is 0. The van der Waals surface area contributed by atoms with Crippen molar-refractivity contribution in [3.63, 3.8) is 0 Å². The first-order chi connectivity index (χ1) is 24.4. The number of anilines is 2. The average molecular weight is 703 g/mol. The maximum Gasteiger partial charge on any atom is 0.415 e. The predicted molar refractivity (Wildman–Crippen MR) is 182 cm³/mol. The molecule has 14 heteroatoms. The minimum absolute atomic E-state index is 0.0129. The highest BCUT2D eigenvalue weighted by Crippen LogP contribution is 2.26. The van der Waals surface area contributed by atoms with E-state index in [0.29, 0.717) is 23.4 Å². The van der Waals surface area contributed by atoms with E-state index in [1.165, 1.54) is 4.90 Å². The van der Waals surface area contributed by atoms with E-state index in [0.717, 1.165) is 16.8 Å². The second-order valence-electron chi connectivity index (χ2n) is 12.0. The van der Waals surface area contributed by atoms with Crippen molar-refractivity contribution in [2.45, 2.75) is 52.3 Å². The fourth-order valence-corrected chi connectivity index (χ4v) is 4.53. The van der Waals surface area contributed by atoms with Gasteiger partial charge in [0.25, 0.3) is 11.8 Å². The van der Waals surface area contributed by atoms with Gasteiger partial charge in [0.15, 0.2) is 0 Å². The number of carbonyl (C=O) groups excluding carboxylic acids is 1. The molecule has 0 aliphatic carbocycles. The number of alkyl halides is 4. The molecule has 0 bridgehead atoms. The summed E-state index contributed by atoms with van der Waals surface area (Å²) in [7, 11) is 0. The molecule has 0 saturated carbocycles. The highest BCUT2D eigenvalue weighted by Gasteiger charge is 2.24. The molecule has 2 heterocycles. The lowest BCUT2D eigenvalue weighted by Gasteiger charge is -2.27. The third-order valence-electron chi connectivity index (χ3n) is 6.95. The van der Waals surface area contributed by atoms with Gasteiger partial charge in [-0.2, -0.15) is 17.6 Å². The van der Waals surface area contributed by atoms with Crippen LogP contribution in [0.2, 0.25) is 0 Å². The minimum atomic E-state index is -2.82. The molecule has 2 aromatic heterocycles. The molecule has 6 aromatic rings. The first-order valence-corrected chi connectivity index (χ1v) is 15.7. The Morgan fingerprint density at radius 3 is 1.61 bits per heavy atom. The van der Waals surface area contributed by atoms with E-state index in [-0.39, 0.29) is 18.3 Å². The number of aromatic nitrogens is 4. The third kappa shape index (κ3) is 10.5. The number of benzene rings is 4. The van der Waals surface area contributed by atoms with Crippen LogP contribution in [0.1, 0.15) is 56.5 Å². The molecular formula is C37H34F4N6O4. The van der Waals surface area contributed by atoms with Gasteiger partial charge in [0.2, 0.25) is 11.8 Å². The van der Waals surface area contributed by atoms with Gasteiger partial charge < -0.3 is 18.9 Å². The lowest BCUT2D eigenvalue weighted by Crippen LogP contribution is -2.36. The van der Waals surface area contributed by atoms with Crippen LogP contribution in [0.4, 0.5) is 33.7 Å². The molecule has 0 saturated heterocycles. The van der Waals surface area contributed by atoms with Crippen LogP contribution in [0.5, 0.6) is 0 Å². The van der Waals surface area contributed by atoms with Crippen molar-refractivity contribution in [3.05, 3.63) is 132 Å². The van der Waals surface area contributed by atoms with Gasteiger partial charge in [0, 0.05) is 29.0 Å². The van der Waals surface area contributed by atoms with Crippen molar-refractivity contribution in [3.8, 4) is 22.9 Å². The molecule has 0 fully saturated rings. The number of ether oxygens (including phenoxy) is 1. The van der Waals surface area contributed by atoms with Gasteiger partial charge in [-0.3, -0.25) is 4.90 Å². The number of nitrogens with one attached hydrogen (secondary N) is 1. The highest BCUT2D eigenvalue weighted by molar-refractivity contribution is 5.87. The molecule has 264 valence electrons. The van der Waals surface area contributed by atoms with Gasteiger partial charge in [-0.1, -0.05) is 60.7 Å². The van der Waals surface area contributed by atoms with Crippen molar-refractivity contribution >= 4 is 17.5 Å². The lowest BCUT2D eigenvalue weighted by molar-refractivity contribution is 0.0577. The molecule has 0 unspecified atom stereocenters. The van der Waals surface area contributed by atoms with Crippen molar-refractivity contribution in [1.29, 1.82) is 0 Å². The Labute approximate surface area is 291 Å². The second kappa shape index (κ2) is 16.6. The van der Waals surface area contributed by atoms with Gasteiger partial charge in [-0.15, -0.1) is 20.4 Å². The topological polar surface area (TPSA) is 119 Å². The Kier molecular flexibility index (Phi) is 11.8. The highest BCUT2D eigenvalue weighted by atomic mass is 19.3. The number of halogens is 4. The first-order valence-electron chi connectivity index (χ1n) is 15.7. The van der Waals surface area contributed by atoms with Gasteiger partial charge in [-0.25, -0.2) is 4.79 Å². The monoisotopic (exact) mass is 702 g/mol. The summed E-state index contributed by atoms with van der Waals surface area (Å²) < 4.78 is 65.5. The Morgan fingerprint density at radius 2 is 1.16 bits per heavy atom. The zero-order valence-corrected chi connectivity index (χ0v) is 27.8. The van der Waals surface area contributed by atoms with Crippen LogP contribution >= 0.6 is 0 Å². The Bertz CT molecular complexity index is 1960. The van der Waals surface area contributed by atoms with Crippen LogP contribution in [-0.2, 0) is 17.8 Å². The van der Waals surface area contributed by atoms with Gasteiger partial charge in [0.05, 0.1) is 6.54 Å². The molecule has 0 radical (unpaired) electrons. The first kappa shape index (κ1) is 36.2. The number of rotatable bonds is 10. The number of hydrogen-bond donors (Lipinski definition) is 1. The Morgan fingerprint density at radius 1 is 0.686 bits per heavy atom. The fraction of sp³-hybridized carbons (Fsp3) is 0.216. The van der Waals surface area contributed by atoms with Crippen molar-refractivity contribution in [1.82, 2.24) is 20.4 Å². The zero-order chi connectivity index (χ0) is 36.4. The summed E-state index contributed by atoms with van der Waals surface area (Å²) in [5.41, 5.74) is 4.10. The average Bonchev–Trinajstić information content (AvgIpc) is 3.83. The molecule has 0 aliphatic heterocycles. The molecule has 0 atom stereocenters. The lowest BCUT2D eigenvalue weighted by atomic mass is 10.1. The Hall–Kier alpha value is -6.05. The van der Waals surface area contributed by atoms with E-state index in [2.05, 4.69) is 25.7 Å². The minimum Gasteiger partial charge on any atom is -0.443 e. The van der Waals surface area contributed by atoms with E-state index in [1.807, 2.05) is 72.8 Å². The van der Waals surface area contributed by atoms with E-state index in [9.17, 15) is 22.4 Å². The second-order valence-corrected chi connectivity index (χ2v) is 12.0. The van der Waals surface area contributed by atoms with Crippen molar-refractivity contribution < 1.29 is 35.9 Å². The standard InChI is InChI=1S/C21H21F2N3O3.C16H13F2N3O/c1-21(2,3)29-20(27)26(16-7-5-4-6-8-16)13-14-9-11-15(12-10-14)18-24-25-19(28-18)17(22)23;17-14(18)16-21-20-15(22-16)12-8-6-11(7-9-12)10-19-13-4-2-1-3-5-13/h4-12,17H,13H2,1-3H3;1-9,14,19H,10H2.